The van der Waals surface area contributed by atoms with E-state index >= 15 is 0 Å². The summed E-state index contributed by atoms with van der Waals surface area (Å²) in [6.45, 7) is 6.33. The van der Waals surface area contributed by atoms with Crippen molar-refractivity contribution in [2.45, 2.75) is 19.8 Å². The Morgan fingerprint density at radius 1 is 1.53 bits per heavy atom. The molecule has 0 fully saturated rings. The molecule has 0 aromatic heterocycles. The second-order valence-electron chi connectivity index (χ2n) is 3.21. The SMILES string of the molecule is C=C(CCc1cc(F)ccc1Br)OCC. The average molecular weight is 273 g/mol. The van der Waals surface area contributed by atoms with E-state index in [2.05, 4.69) is 22.5 Å². The van der Waals surface area contributed by atoms with Crippen molar-refractivity contribution in [3.8, 4) is 0 Å². The second-order valence-corrected chi connectivity index (χ2v) is 4.06. The van der Waals surface area contributed by atoms with E-state index in [1.165, 1.54) is 12.1 Å². The topological polar surface area (TPSA) is 9.23 Å². The molecular weight excluding hydrogens is 259 g/mol. The number of rotatable bonds is 5. The van der Waals surface area contributed by atoms with E-state index in [0.717, 1.165) is 28.6 Å². The minimum Gasteiger partial charge on any atom is -0.499 e. The molecule has 0 saturated heterocycles. The van der Waals surface area contributed by atoms with Crippen molar-refractivity contribution in [1.82, 2.24) is 0 Å². The van der Waals surface area contributed by atoms with Crippen LogP contribution in [0.1, 0.15) is 18.9 Å². The smallest absolute Gasteiger partial charge is 0.123 e. The largest absolute Gasteiger partial charge is 0.499 e. The molecule has 1 aromatic rings. The maximum absolute atomic E-state index is 12.9. The van der Waals surface area contributed by atoms with E-state index < -0.39 is 0 Å². The first-order valence-corrected chi connectivity index (χ1v) is 5.67. The molecule has 0 aliphatic heterocycles. The fourth-order valence-electron chi connectivity index (χ4n) is 1.29. The molecular formula is C12H14BrFO. The van der Waals surface area contributed by atoms with Crippen LogP contribution < -0.4 is 0 Å². The van der Waals surface area contributed by atoms with E-state index in [9.17, 15) is 4.39 Å². The van der Waals surface area contributed by atoms with Crippen LogP contribution in [0.5, 0.6) is 0 Å². The van der Waals surface area contributed by atoms with Gasteiger partial charge in [0, 0.05) is 10.9 Å². The first-order chi connectivity index (χ1) is 7.13. The van der Waals surface area contributed by atoms with Crippen LogP contribution in [0.4, 0.5) is 4.39 Å². The van der Waals surface area contributed by atoms with E-state index in [0.29, 0.717) is 6.61 Å². The second kappa shape index (κ2) is 5.91. The Hall–Kier alpha value is -0.830. The fourth-order valence-corrected chi connectivity index (χ4v) is 1.73. The Labute approximate surface area is 98.1 Å². The highest BCUT2D eigenvalue weighted by molar-refractivity contribution is 9.10. The van der Waals surface area contributed by atoms with Gasteiger partial charge in [0.15, 0.2) is 0 Å². The summed E-state index contributed by atoms with van der Waals surface area (Å²) in [5.74, 6) is 0.531. The van der Waals surface area contributed by atoms with Gasteiger partial charge in [-0.25, -0.2) is 4.39 Å². The quantitative estimate of drug-likeness (QED) is 0.735. The lowest BCUT2D eigenvalue weighted by atomic mass is 10.1. The molecule has 15 heavy (non-hydrogen) atoms. The third-order valence-electron chi connectivity index (χ3n) is 2.03. The van der Waals surface area contributed by atoms with Crippen molar-refractivity contribution in [3.63, 3.8) is 0 Å². The zero-order chi connectivity index (χ0) is 11.3. The van der Waals surface area contributed by atoms with Crippen molar-refractivity contribution in [3.05, 3.63) is 46.4 Å². The Bertz CT molecular complexity index is 349. The minimum absolute atomic E-state index is 0.213. The van der Waals surface area contributed by atoms with Crippen LogP contribution in [0.15, 0.2) is 35.0 Å². The van der Waals surface area contributed by atoms with Gasteiger partial charge in [-0.2, -0.15) is 0 Å². The molecule has 0 bridgehead atoms. The van der Waals surface area contributed by atoms with Crippen LogP contribution in [-0.4, -0.2) is 6.61 Å². The van der Waals surface area contributed by atoms with Crippen LogP contribution in [0.25, 0.3) is 0 Å². The average Bonchev–Trinajstić information content (AvgIpc) is 2.20. The first kappa shape index (κ1) is 12.2. The number of benzene rings is 1. The molecule has 0 radical (unpaired) electrons. The lowest BCUT2D eigenvalue weighted by Gasteiger charge is -2.08. The Kier molecular flexibility index (Phi) is 4.82. The molecule has 0 atom stereocenters. The highest BCUT2D eigenvalue weighted by Gasteiger charge is 2.03. The lowest BCUT2D eigenvalue weighted by molar-refractivity contribution is 0.220. The van der Waals surface area contributed by atoms with Crippen molar-refractivity contribution in [1.29, 1.82) is 0 Å². The Morgan fingerprint density at radius 2 is 2.27 bits per heavy atom. The highest BCUT2D eigenvalue weighted by Crippen LogP contribution is 2.20. The Balaban J connectivity index is 2.57. The molecule has 0 saturated carbocycles. The maximum Gasteiger partial charge on any atom is 0.123 e. The molecule has 3 heteroatoms. The minimum atomic E-state index is -0.213. The molecule has 0 unspecified atom stereocenters. The normalized spacial score (nSPS) is 10.1. The van der Waals surface area contributed by atoms with E-state index in [1.807, 2.05) is 6.92 Å². The molecule has 1 rings (SSSR count). The van der Waals surface area contributed by atoms with Gasteiger partial charge in [0.05, 0.1) is 12.4 Å². The van der Waals surface area contributed by atoms with Gasteiger partial charge < -0.3 is 4.74 Å². The molecule has 0 heterocycles. The van der Waals surface area contributed by atoms with Gasteiger partial charge in [-0.3, -0.25) is 0 Å². The summed E-state index contributed by atoms with van der Waals surface area (Å²) in [5, 5.41) is 0. The predicted molar refractivity (Wildman–Crippen MR) is 63.2 cm³/mol. The predicted octanol–water partition coefficient (Wildman–Crippen LogP) is 4.07. The highest BCUT2D eigenvalue weighted by atomic mass is 79.9. The van der Waals surface area contributed by atoms with Crippen LogP contribution >= 0.6 is 15.9 Å². The number of aryl methyl sites for hydroxylation is 1. The summed E-state index contributed by atoms with van der Waals surface area (Å²) >= 11 is 3.38. The number of hydrogen-bond acceptors (Lipinski definition) is 1. The zero-order valence-electron chi connectivity index (χ0n) is 8.72. The lowest BCUT2D eigenvalue weighted by Crippen LogP contribution is -1.94. The standard InChI is InChI=1S/C12H14BrFO/c1-3-15-9(2)4-5-10-8-11(14)6-7-12(10)13/h6-8H,2-5H2,1H3. The number of allylic oxidation sites excluding steroid dienone is 1. The van der Waals surface area contributed by atoms with Gasteiger partial charge in [-0.15, -0.1) is 0 Å². The van der Waals surface area contributed by atoms with Gasteiger partial charge in [0.25, 0.3) is 0 Å². The molecule has 0 N–H and O–H groups in total. The third-order valence-corrected chi connectivity index (χ3v) is 2.80. The van der Waals surface area contributed by atoms with Crippen LogP contribution in [0, 0.1) is 5.82 Å². The summed E-state index contributed by atoms with van der Waals surface area (Å²) in [6, 6.07) is 4.68. The first-order valence-electron chi connectivity index (χ1n) is 4.88. The molecule has 82 valence electrons. The van der Waals surface area contributed by atoms with Crippen molar-refractivity contribution in [2.75, 3.05) is 6.61 Å². The monoisotopic (exact) mass is 272 g/mol. The zero-order valence-corrected chi connectivity index (χ0v) is 10.3. The van der Waals surface area contributed by atoms with Crippen molar-refractivity contribution < 1.29 is 9.13 Å². The molecule has 1 aromatic carbocycles. The van der Waals surface area contributed by atoms with Gasteiger partial charge in [0.2, 0.25) is 0 Å². The van der Waals surface area contributed by atoms with Crippen LogP contribution in [0.3, 0.4) is 0 Å². The van der Waals surface area contributed by atoms with Gasteiger partial charge in [-0.05, 0) is 37.1 Å². The molecule has 0 aliphatic carbocycles. The summed E-state index contributed by atoms with van der Waals surface area (Å²) < 4.78 is 19.1. The van der Waals surface area contributed by atoms with Gasteiger partial charge in [-0.1, -0.05) is 22.5 Å². The summed E-state index contributed by atoms with van der Waals surface area (Å²) in [6.07, 6.45) is 1.45. The number of ether oxygens (including phenoxy) is 1. The summed E-state index contributed by atoms with van der Waals surface area (Å²) in [5.41, 5.74) is 0.941. The van der Waals surface area contributed by atoms with Crippen LogP contribution in [0.2, 0.25) is 0 Å². The summed E-state index contributed by atoms with van der Waals surface area (Å²) in [7, 11) is 0. The van der Waals surface area contributed by atoms with E-state index in [-0.39, 0.29) is 5.82 Å². The third kappa shape index (κ3) is 4.04. The number of halogens is 2. The van der Waals surface area contributed by atoms with Crippen molar-refractivity contribution in [2.24, 2.45) is 0 Å². The van der Waals surface area contributed by atoms with E-state index in [4.69, 9.17) is 4.74 Å². The fraction of sp³-hybridized carbons (Fsp3) is 0.333. The Morgan fingerprint density at radius 3 is 2.93 bits per heavy atom. The van der Waals surface area contributed by atoms with Gasteiger partial charge in [0.1, 0.15) is 5.82 Å². The maximum atomic E-state index is 12.9. The van der Waals surface area contributed by atoms with Gasteiger partial charge >= 0.3 is 0 Å². The summed E-state index contributed by atoms with van der Waals surface area (Å²) in [4.78, 5) is 0. The molecule has 0 spiro atoms. The van der Waals surface area contributed by atoms with Crippen LogP contribution in [-0.2, 0) is 11.2 Å². The molecule has 1 nitrogen and oxygen atoms in total. The number of hydrogen-bond donors (Lipinski definition) is 0. The van der Waals surface area contributed by atoms with Crippen molar-refractivity contribution >= 4 is 15.9 Å². The molecule has 0 aliphatic rings. The van der Waals surface area contributed by atoms with E-state index in [1.54, 1.807) is 6.07 Å². The molecule has 0 amide bonds.